The Labute approximate surface area is 122 Å². The molecule has 1 aromatic carbocycles. The summed E-state index contributed by atoms with van der Waals surface area (Å²) in [5.74, 6) is 0. The predicted molar refractivity (Wildman–Crippen MR) is 85.2 cm³/mol. The van der Waals surface area contributed by atoms with Gasteiger partial charge < -0.3 is 0 Å². The van der Waals surface area contributed by atoms with Crippen LogP contribution in [0.25, 0.3) is 22.0 Å². The molecule has 0 spiro atoms. The fraction of sp³-hybridized carbons (Fsp3) is 0. The summed E-state index contributed by atoms with van der Waals surface area (Å²) in [5.41, 5.74) is 1.89. The molecule has 4 heteroatoms. The van der Waals surface area contributed by atoms with E-state index in [1.165, 1.54) is 0 Å². The number of nitrogens with zero attached hydrogens (tertiary/aromatic N) is 1. The van der Waals surface area contributed by atoms with Gasteiger partial charge in [-0.2, -0.15) is 0 Å². The highest BCUT2D eigenvalue weighted by Gasteiger charge is 2.09. The van der Waals surface area contributed by atoms with E-state index in [-0.39, 0.29) is 5.56 Å². The third-order valence-electron chi connectivity index (χ3n) is 2.96. The molecule has 0 aliphatic carbocycles. The van der Waals surface area contributed by atoms with Gasteiger partial charge in [-0.05, 0) is 39.7 Å². The Hall–Kier alpha value is -1.65. The summed E-state index contributed by atoms with van der Waals surface area (Å²) in [5, 5.41) is 3.05. The molecule has 2 aromatic heterocycles. The van der Waals surface area contributed by atoms with Gasteiger partial charge in [0.25, 0.3) is 5.56 Å². The maximum atomic E-state index is 12.1. The lowest BCUT2D eigenvalue weighted by atomic mass is 10.2. The number of rotatable bonds is 2. The zero-order valence-electron chi connectivity index (χ0n) is 9.97. The molecule has 0 unspecified atom stereocenters. The molecule has 0 aliphatic rings. The van der Waals surface area contributed by atoms with Gasteiger partial charge in [-0.15, -0.1) is 11.3 Å². The SMILES string of the molecule is C=Cc1ccc(-n2c(=O)ccc3c(Br)csc32)cc1. The quantitative estimate of drug-likeness (QED) is 0.679. The molecule has 19 heavy (non-hydrogen) atoms. The first-order valence-electron chi connectivity index (χ1n) is 5.72. The third kappa shape index (κ3) is 2.07. The number of pyridine rings is 1. The van der Waals surface area contributed by atoms with Crippen LogP contribution >= 0.6 is 27.3 Å². The highest BCUT2D eigenvalue weighted by atomic mass is 79.9. The van der Waals surface area contributed by atoms with E-state index in [9.17, 15) is 4.79 Å². The number of benzene rings is 1. The van der Waals surface area contributed by atoms with Gasteiger partial charge in [0.05, 0.1) is 5.69 Å². The highest BCUT2D eigenvalue weighted by molar-refractivity contribution is 9.10. The highest BCUT2D eigenvalue weighted by Crippen LogP contribution is 2.30. The van der Waals surface area contributed by atoms with E-state index in [1.54, 1.807) is 28.0 Å². The van der Waals surface area contributed by atoms with Crippen LogP contribution in [0.1, 0.15) is 5.56 Å². The van der Waals surface area contributed by atoms with Gasteiger partial charge >= 0.3 is 0 Å². The number of halogens is 1. The molecule has 3 aromatic rings. The summed E-state index contributed by atoms with van der Waals surface area (Å²) >= 11 is 5.06. The molecule has 0 aliphatic heterocycles. The van der Waals surface area contributed by atoms with Crippen molar-refractivity contribution in [3.8, 4) is 5.69 Å². The number of hydrogen-bond donors (Lipinski definition) is 0. The molecule has 0 fully saturated rings. The van der Waals surface area contributed by atoms with Crippen LogP contribution in [-0.4, -0.2) is 4.57 Å². The minimum atomic E-state index is -0.0202. The number of fused-ring (bicyclic) bond motifs is 1. The second kappa shape index (κ2) is 4.79. The van der Waals surface area contributed by atoms with Crippen molar-refractivity contribution in [2.45, 2.75) is 0 Å². The standard InChI is InChI=1S/C15H10BrNOS/c1-2-10-3-5-11(6-4-10)17-14(18)8-7-12-13(16)9-19-15(12)17/h2-9H,1H2. The molecule has 0 saturated heterocycles. The number of hydrogen-bond acceptors (Lipinski definition) is 2. The van der Waals surface area contributed by atoms with Crippen molar-refractivity contribution in [2.24, 2.45) is 0 Å². The summed E-state index contributed by atoms with van der Waals surface area (Å²) in [6.45, 7) is 3.73. The molecule has 0 radical (unpaired) electrons. The lowest BCUT2D eigenvalue weighted by Crippen LogP contribution is -2.16. The average Bonchev–Trinajstić information content (AvgIpc) is 2.80. The molecular weight excluding hydrogens is 322 g/mol. The summed E-state index contributed by atoms with van der Waals surface area (Å²) in [4.78, 5) is 13.1. The topological polar surface area (TPSA) is 22.0 Å². The van der Waals surface area contributed by atoms with E-state index in [4.69, 9.17) is 0 Å². The van der Waals surface area contributed by atoms with E-state index >= 15 is 0 Å². The maximum absolute atomic E-state index is 12.1. The molecule has 0 bridgehead atoms. The van der Waals surface area contributed by atoms with E-state index in [2.05, 4.69) is 22.5 Å². The van der Waals surface area contributed by atoms with Gasteiger partial charge in [0.1, 0.15) is 4.83 Å². The van der Waals surface area contributed by atoms with Crippen molar-refractivity contribution in [3.63, 3.8) is 0 Å². The van der Waals surface area contributed by atoms with Gasteiger partial charge in [-0.1, -0.05) is 24.8 Å². The minimum absolute atomic E-state index is 0.0202. The first kappa shape index (κ1) is 12.4. The van der Waals surface area contributed by atoms with E-state index in [1.807, 2.05) is 35.7 Å². The van der Waals surface area contributed by atoms with Gasteiger partial charge in [0.15, 0.2) is 0 Å². The lowest BCUT2D eigenvalue weighted by Gasteiger charge is -2.07. The Bertz CT molecular complexity index is 814. The average molecular weight is 332 g/mol. The van der Waals surface area contributed by atoms with Crippen LogP contribution in [0.4, 0.5) is 0 Å². The largest absolute Gasteiger partial charge is 0.269 e. The molecule has 0 atom stereocenters. The smallest absolute Gasteiger partial charge is 0.256 e. The Morgan fingerprint density at radius 1 is 1.16 bits per heavy atom. The van der Waals surface area contributed by atoms with Crippen LogP contribution in [0.15, 0.2) is 57.6 Å². The monoisotopic (exact) mass is 331 g/mol. The summed E-state index contributed by atoms with van der Waals surface area (Å²) < 4.78 is 2.75. The van der Waals surface area contributed by atoms with Crippen molar-refractivity contribution in [1.29, 1.82) is 0 Å². The van der Waals surface area contributed by atoms with Crippen LogP contribution < -0.4 is 5.56 Å². The van der Waals surface area contributed by atoms with Crippen molar-refractivity contribution in [2.75, 3.05) is 0 Å². The molecule has 0 saturated carbocycles. The van der Waals surface area contributed by atoms with Crippen molar-refractivity contribution < 1.29 is 0 Å². The van der Waals surface area contributed by atoms with Gasteiger partial charge in [-0.3, -0.25) is 9.36 Å². The van der Waals surface area contributed by atoms with E-state index in [0.29, 0.717) is 0 Å². The first-order chi connectivity index (χ1) is 9.20. The third-order valence-corrected chi connectivity index (χ3v) is 4.90. The van der Waals surface area contributed by atoms with Crippen molar-refractivity contribution in [3.05, 3.63) is 68.7 Å². The molecule has 94 valence electrons. The fourth-order valence-corrected chi connectivity index (χ4v) is 3.67. The van der Waals surface area contributed by atoms with Crippen LogP contribution in [-0.2, 0) is 0 Å². The molecule has 2 nitrogen and oxygen atoms in total. The van der Waals surface area contributed by atoms with Gasteiger partial charge in [0, 0.05) is 21.3 Å². The van der Waals surface area contributed by atoms with Crippen molar-refractivity contribution >= 4 is 43.6 Å². The normalized spacial score (nSPS) is 10.8. The van der Waals surface area contributed by atoms with Crippen LogP contribution in [0.2, 0.25) is 0 Å². The number of aromatic nitrogens is 1. The Kier molecular flexibility index (Phi) is 3.12. The predicted octanol–water partition coefficient (Wildman–Crippen LogP) is 4.46. The Morgan fingerprint density at radius 3 is 2.58 bits per heavy atom. The molecule has 0 N–H and O–H groups in total. The lowest BCUT2D eigenvalue weighted by molar-refractivity contribution is 1.05. The number of thiophene rings is 1. The minimum Gasteiger partial charge on any atom is -0.269 e. The zero-order valence-corrected chi connectivity index (χ0v) is 12.4. The molecule has 3 rings (SSSR count). The van der Waals surface area contributed by atoms with E-state index < -0.39 is 0 Å². The van der Waals surface area contributed by atoms with E-state index in [0.717, 1.165) is 25.9 Å². The first-order valence-corrected chi connectivity index (χ1v) is 7.39. The zero-order chi connectivity index (χ0) is 13.4. The van der Waals surface area contributed by atoms with Gasteiger partial charge in [-0.25, -0.2) is 0 Å². The fourth-order valence-electron chi connectivity index (χ4n) is 1.99. The van der Waals surface area contributed by atoms with Crippen LogP contribution in [0, 0.1) is 0 Å². The Balaban J connectivity index is 2.31. The molecule has 2 heterocycles. The summed E-state index contributed by atoms with van der Waals surface area (Å²) in [6.07, 6.45) is 1.79. The second-order valence-corrected chi connectivity index (χ2v) is 5.82. The summed E-state index contributed by atoms with van der Waals surface area (Å²) in [6, 6.07) is 11.2. The Morgan fingerprint density at radius 2 is 1.89 bits per heavy atom. The molecular formula is C15H10BrNOS. The molecule has 0 amide bonds. The van der Waals surface area contributed by atoms with Crippen molar-refractivity contribution in [1.82, 2.24) is 4.57 Å². The van der Waals surface area contributed by atoms with Crippen LogP contribution in [0.3, 0.4) is 0 Å². The summed E-state index contributed by atoms with van der Waals surface area (Å²) in [7, 11) is 0. The van der Waals surface area contributed by atoms with Gasteiger partial charge in [0.2, 0.25) is 0 Å². The maximum Gasteiger partial charge on any atom is 0.256 e. The second-order valence-electron chi connectivity index (χ2n) is 4.11. The van der Waals surface area contributed by atoms with Crippen LogP contribution in [0.5, 0.6) is 0 Å².